The first kappa shape index (κ1) is 42.6. The molecule has 1 atom stereocenters. The monoisotopic (exact) mass is 864 g/mol. The zero-order chi connectivity index (χ0) is 44.7. The van der Waals surface area contributed by atoms with E-state index in [0.717, 1.165) is 109 Å². The van der Waals surface area contributed by atoms with Gasteiger partial charge in [-0.2, -0.15) is 4.98 Å². The molecule has 6 heterocycles. The number of carbonyl (C=O) groups excluding carboxylic acids is 3. The van der Waals surface area contributed by atoms with E-state index in [-0.39, 0.29) is 29.3 Å². The molecule has 9 rings (SSSR count). The molecule has 0 spiro atoms. The van der Waals surface area contributed by atoms with E-state index in [2.05, 4.69) is 92.9 Å². The van der Waals surface area contributed by atoms with E-state index in [1.165, 1.54) is 11.4 Å². The van der Waals surface area contributed by atoms with Gasteiger partial charge in [0.2, 0.25) is 5.91 Å². The van der Waals surface area contributed by atoms with Gasteiger partial charge < -0.3 is 24.6 Å². The summed E-state index contributed by atoms with van der Waals surface area (Å²) in [6.07, 6.45) is 4.18. The molecule has 3 fully saturated rings. The summed E-state index contributed by atoms with van der Waals surface area (Å²) in [4.78, 5) is 68.0. The summed E-state index contributed by atoms with van der Waals surface area (Å²) in [5.74, 6) is 1.20. The number of amides is 4. The second-order valence-corrected chi connectivity index (χ2v) is 18.4. The Morgan fingerprint density at radius 2 is 1.56 bits per heavy atom. The van der Waals surface area contributed by atoms with Crippen molar-refractivity contribution in [1.82, 2.24) is 45.6 Å². The Bertz CT molecular complexity index is 2690. The third-order valence-electron chi connectivity index (χ3n) is 12.8. The van der Waals surface area contributed by atoms with Gasteiger partial charge in [-0.1, -0.05) is 38.1 Å². The average molecular weight is 865 g/mol. The second-order valence-electron chi connectivity index (χ2n) is 18.4. The highest BCUT2D eigenvalue weighted by Crippen LogP contribution is 2.33. The van der Waals surface area contributed by atoms with Gasteiger partial charge >= 0.3 is 17.8 Å². The predicted octanol–water partition coefficient (Wildman–Crippen LogP) is 6.96. The van der Waals surface area contributed by atoms with E-state index in [4.69, 9.17) is 9.51 Å². The SMILES string of the molecule is Cc1cc(-c2ncnc3nc(-c4ccc(N5CCN(CC6CCN(c7ccc(N8CCC(=O)NC8=O)c(C)c7)CC6)CC5)cc4)[nH]c23)ccc1C(C)NC(=O)c1nc(C(C)(C)C)no1. The van der Waals surface area contributed by atoms with Crippen LogP contribution in [-0.4, -0.2) is 105 Å². The molecule has 16 heteroatoms. The number of piperazine rings is 1. The molecule has 3 aliphatic rings. The lowest BCUT2D eigenvalue weighted by molar-refractivity contribution is -0.120. The van der Waals surface area contributed by atoms with E-state index >= 15 is 0 Å². The molecular formula is C48H56N12O4. The highest BCUT2D eigenvalue weighted by atomic mass is 16.5. The van der Waals surface area contributed by atoms with E-state index in [1.54, 1.807) is 11.2 Å². The molecule has 6 aromatic rings. The molecule has 1 unspecified atom stereocenters. The Labute approximate surface area is 372 Å². The molecule has 3 saturated heterocycles. The van der Waals surface area contributed by atoms with Crippen LogP contribution in [0.4, 0.5) is 21.9 Å². The van der Waals surface area contributed by atoms with Crippen molar-refractivity contribution in [1.29, 1.82) is 0 Å². The highest BCUT2D eigenvalue weighted by molar-refractivity contribution is 6.06. The lowest BCUT2D eigenvalue weighted by atomic mass is 9.95. The fraction of sp³-hybridized carbons (Fsp3) is 0.417. The van der Waals surface area contributed by atoms with Gasteiger partial charge in [0.05, 0.1) is 11.7 Å². The van der Waals surface area contributed by atoms with Crippen LogP contribution in [0.3, 0.4) is 0 Å². The maximum Gasteiger partial charge on any atom is 0.328 e. The summed E-state index contributed by atoms with van der Waals surface area (Å²) in [6.45, 7) is 19.5. The number of nitrogens with one attached hydrogen (secondary N) is 3. The number of fused-ring (bicyclic) bond motifs is 1. The summed E-state index contributed by atoms with van der Waals surface area (Å²) in [7, 11) is 0. The maximum absolute atomic E-state index is 12.9. The van der Waals surface area contributed by atoms with Crippen molar-refractivity contribution >= 4 is 46.1 Å². The lowest BCUT2D eigenvalue weighted by Gasteiger charge is -2.40. The Morgan fingerprint density at radius 3 is 2.25 bits per heavy atom. The maximum atomic E-state index is 12.9. The van der Waals surface area contributed by atoms with E-state index in [9.17, 15) is 14.4 Å². The van der Waals surface area contributed by atoms with Crippen LogP contribution >= 0.6 is 0 Å². The summed E-state index contributed by atoms with van der Waals surface area (Å²) in [5, 5.41) is 9.39. The van der Waals surface area contributed by atoms with Gasteiger partial charge in [-0.05, 0) is 105 Å². The van der Waals surface area contributed by atoms with Gasteiger partial charge in [-0.25, -0.2) is 19.7 Å². The second kappa shape index (κ2) is 17.5. The van der Waals surface area contributed by atoms with Gasteiger partial charge in [-0.3, -0.25) is 24.7 Å². The van der Waals surface area contributed by atoms with E-state index in [0.29, 0.717) is 30.4 Å². The number of piperidine rings is 1. The predicted molar refractivity (Wildman–Crippen MR) is 246 cm³/mol. The Balaban J connectivity index is 0.771. The van der Waals surface area contributed by atoms with Crippen molar-refractivity contribution in [2.75, 3.05) is 67.1 Å². The number of benzene rings is 3. The number of nitrogens with zero attached hydrogens (tertiary/aromatic N) is 9. The van der Waals surface area contributed by atoms with E-state index in [1.807, 2.05) is 59.7 Å². The molecular weight excluding hydrogens is 809 g/mol. The number of imidazole rings is 1. The fourth-order valence-electron chi connectivity index (χ4n) is 9.14. The Morgan fingerprint density at radius 1 is 0.844 bits per heavy atom. The average Bonchev–Trinajstić information content (AvgIpc) is 3.97. The third kappa shape index (κ3) is 8.91. The van der Waals surface area contributed by atoms with Crippen molar-refractivity contribution in [3.05, 3.63) is 95.4 Å². The topological polar surface area (TPSA) is 182 Å². The van der Waals surface area contributed by atoms with Crippen LogP contribution in [0.25, 0.3) is 33.8 Å². The number of hydrogen-bond donors (Lipinski definition) is 3. The largest absolute Gasteiger partial charge is 0.372 e. The molecule has 64 heavy (non-hydrogen) atoms. The number of hydrogen-bond acceptors (Lipinski definition) is 12. The third-order valence-corrected chi connectivity index (χ3v) is 12.8. The van der Waals surface area contributed by atoms with Gasteiger partial charge in [0.1, 0.15) is 17.7 Å². The molecule has 332 valence electrons. The number of aromatic nitrogens is 6. The summed E-state index contributed by atoms with van der Waals surface area (Å²) < 4.78 is 5.25. The van der Waals surface area contributed by atoms with Gasteiger partial charge in [0.15, 0.2) is 11.5 Å². The molecule has 4 amide bonds. The Kier molecular flexibility index (Phi) is 11.6. The molecule has 3 N–H and O–H groups in total. The number of aromatic amines is 1. The van der Waals surface area contributed by atoms with Crippen molar-refractivity contribution in [3.63, 3.8) is 0 Å². The summed E-state index contributed by atoms with van der Waals surface area (Å²) in [5.41, 5.74) is 9.93. The quantitative estimate of drug-likeness (QED) is 0.129. The van der Waals surface area contributed by atoms with Crippen LogP contribution < -0.4 is 25.3 Å². The standard InChI is InChI=1S/C48H56N12O4/c1-29-25-34(9-13-37(29)31(3)51-44(62)45-55-46(56-64-45)48(4,5)6)40-41-43(50-28-49-40)54-42(53-41)33-7-10-35(11-8-33)59-23-21-57(22-24-59)27-32-15-18-58(19-16-32)36-12-14-38(30(2)26-36)60-20-17-39(61)52-47(60)63/h7-14,25-26,28,31-32H,15-24,27H2,1-6H3,(H,51,62)(H,52,61,63)(H,49,50,53,54). The number of imide groups is 1. The number of carbonyl (C=O) groups is 3. The zero-order valence-electron chi connectivity index (χ0n) is 37.4. The van der Waals surface area contributed by atoms with Crippen LogP contribution in [0, 0.1) is 19.8 Å². The van der Waals surface area contributed by atoms with E-state index < -0.39 is 5.91 Å². The van der Waals surface area contributed by atoms with Crippen LogP contribution in [0.2, 0.25) is 0 Å². The minimum absolute atomic E-state index is 0.0530. The molecule has 16 nitrogen and oxygen atoms in total. The molecule has 3 aromatic carbocycles. The minimum atomic E-state index is -0.415. The highest BCUT2D eigenvalue weighted by Gasteiger charge is 2.29. The molecule has 3 aliphatic heterocycles. The van der Waals surface area contributed by atoms with Gasteiger partial charge in [0.25, 0.3) is 0 Å². The number of aryl methyl sites for hydroxylation is 2. The smallest absolute Gasteiger partial charge is 0.328 e. The molecule has 3 aromatic heterocycles. The van der Waals surface area contributed by atoms with Gasteiger partial charge in [0, 0.05) is 92.4 Å². The summed E-state index contributed by atoms with van der Waals surface area (Å²) >= 11 is 0. The number of urea groups is 1. The molecule has 0 radical (unpaired) electrons. The zero-order valence-corrected chi connectivity index (χ0v) is 37.4. The van der Waals surface area contributed by atoms with Crippen LogP contribution in [0.1, 0.15) is 86.2 Å². The lowest BCUT2D eigenvalue weighted by Crippen LogP contribution is -2.49. The minimum Gasteiger partial charge on any atom is -0.372 e. The first-order valence-electron chi connectivity index (χ1n) is 22.3. The van der Waals surface area contributed by atoms with Crippen LogP contribution in [-0.2, 0) is 10.2 Å². The number of rotatable bonds is 10. The number of anilines is 3. The molecule has 0 saturated carbocycles. The molecule has 0 aliphatic carbocycles. The first-order chi connectivity index (χ1) is 30.8. The van der Waals surface area contributed by atoms with Crippen molar-refractivity contribution in [3.8, 4) is 22.6 Å². The van der Waals surface area contributed by atoms with Crippen LogP contribution in [0.5, 0.6) is 0 Å². The van der Waals surface area contributed by atoms with Crippen molar-refractivity contribution in [2.45, 2.75) is 72.3 Å². The number of H-pyrrole nitrogens is 1. The normalized spacial score (nSPS) is 17.2. The Hall–Kier alpha value is -6.68. The first-order valence-corrected chi connectivity index (χ1v) is 22.3. The molecule has 0 bridgehead atoms. The summed E-state index contributed by atoms with van der Waals surface area (Å²) in [6, 6.07) is 20.3. The van der Waals surface area contributed by atoms with Crippen LogP contribution in [0.15, 0.2) is 71.5 Å². The van der Waals surface area contributed by atoms with Gasteiger partial charge in [-0.15, -0.1) is 0 Å². The van der Waals surface area contributed by atoms with Crippen molar-refractivity contribution < 1.29 is 18.9 Å². The van der Waals surface area contributed by atoms with Crippen molar-refractivity contribution in [2.24, 2.45) is 5.92 Å². The fourth-order valence-corrected chi connectivity index (χ4v) is 9.14.